The van der Waals surface area contributed by atoms with Crippen LogP contribution in [0.2, 0.25) is 0 Å². The normalized spacial score (nSPS) is 15.4. The van der Waals surface area contributed by atoms with Gasteiger partial charge in [-0.3, -0.25) is 4.90 Å². The van der Waals surface area contributed by atoms with Crippen LogP contribution in [0.4, 0.5) is 0 Å². The van der Waals surface area contributed by atoms with Crippen LogP contribution in [0.5, 0.6) is 0 Å². The van der Waals surface area contributed by atoms with Gasteiger partial charge < -0.3 is 14.9 Å². The van der Waals surface area contributed by atoms with E-state index >= 15 is 0 Å². The number of aryl methyl sites for hydroxylation is 1. The monoisotopic (exact) mass is 416 g/mol. The maximum Gasteiger partial charge on any atom is 0.328 e. The van der Waals surface area contributed by atoms with Gasteiger partial charge in [0.15, 0.2) is 0 Å². The Morgan fingerprint density at radius 2 is 1.83 bits per heavy atom. The van der Waals surface area contributed by atoms with E-state index in [0.29, 0.717) is 12.2 Å². The van der Waals surface area contributed by atoms with Gasteiger partial charge in [-0.2, -0.15) is 0 Å². The third kappa shape index (κ3) is 6.22. The van der Waals surface area contributed by atoms with E-state index in [9.17, 15) is 9.59 Å². The average Bonchev–Trinajstić information content (AvgIpc) is 3.25. The van der Waals surface area contributed by atoms with Crippen LogP contribution in [0.25, 0.3) is 11.3 Å². The van der Waals surface area contributed by atoms with E-state index in [0.717, 1.165) is 39.1 Å². The van der Waals surface area contributed by atoms with Crippen LogP contribution < -0.4 is 0 Å². The van der Waals surface area contributed by atoms with Crippen molar-refractivity contribution in [1.29, 1.82) is 0 Å². The van der Waals surface area contributed by atoms with Gasteiger partial charge in [0.2, 0.25) is 0 Å². The van der Waals surface area contributed by atoms with E-state index in [4.69, 9.17) is 19.9 Å². The standard InChI is InChI=1S/C17H20N2OS.C4H4O4/c1-2-5-14-13(4-1)12-15-17(14)18-16(21-15)6-3-7-19-8-10-20-11-9-19;5-3(6)1-2-4(7)8/h1-2,4-5H,3,6-12H2;1-2H,(H,5,6)(H,7,8)/b;2-1+. The number of nitrogens with zero attached hydrogens (tertiary/aromatic N) is 2. The van der Waals surface area contributed by atoms with Gasteiger partial charge in [0, 0.05) is 48.5 Å². The molecule has 0 unspecified atom stereocenters. The minimum atomic E-state index is -1.26. The number of thiazole rings is 1. The Bertz CT molecular complexity index is 871. The Morgan fingerprint density at radius 3 is 2.52 bits per heavy atom. The van der Waals surface area contributed by atoms with Crippen molar-refractivity contribution < 1.29 is 24.5 Å². The van der Waals surface area contributed by atoms with Crippen molar-refractivity contribution in [2.24, 2.45) is 0 Å². The lowest BCUT2D eigenvalue weighted by Crippen LogP contribution is -2.36. The van der Waals surface area contributed by atoms with E-state index < -0.39 is 11.9 Å². The summed E-state index contributed by atoms with van der Waals surface area (Å²) in [5.41, 5.74) is 4.03. The molecule has 0 bridgehead atoms. The fraction of sp³-hybridized carbons (Fsp3) is 0.381. The first kappa shape index (κ1) is 21.2. The van der Waals surface area contributed by atoms with Crippen LogP contribution in [0.1, 0.15) is 21.9 Å². The van der Waals surface area contributed by atoms with Gasteiger partial charge in [-0.25, -0.2) is 14.6 Å². The van der Waals surface area contributed by atoms with Crippen molar-refractivity contribution in [3.63, 3.8) is 0 Å². The number of benzene rings is 1. The number of carboxylic acid groups (broad SMARTS) is 2. The highest BCUT2D eigenvalue weighted by molar-refractivity contribution is 7.12. The first-order valence-corrected chi connectivity index (χ1v) is 10.4. The number of fused-ring (bicyclic) bond motifs is 3. The summed E-state index contributed by atoms with van der Waals surface area (Å²) in [6, 6.07) is 8.67. The second kappa shape index (κ2) is 10.3. The summed E-state index contributed by atoms with van der Waals surface area (Å²) in [5, 5.41) is 16.9. The maximum absolute atomic E-state index is 9.55. The molecular formula is C21H24N2O5S. The predicted molar refractivity (Wildman–Crippen MR) is 110 cm³/mol. The van der Waals surface area contributed by atoms with Crippen molar-refractivity contribution >= 4 is 23.3 Å². The number of hydrogen-bond donors (Lipinski definition) is 2. The molecule has 29 heavy (non-hydrogen) atoms. The predicted octanol–water partition coefficient (Wildman–Crippen LogP) is 2.69. The Hall–Kier alpha value is -2.55. The molecule has 0 radical (unpaired) electrons. The summed E-state index contributed by atoms with van der Waals surface area (Å²) in [5.74, 6) is -2.51. The van der Waals surface area contributed by atoms with Crippen LogP contribution in [-0.2, 0) is 27.2 Å². The molecule has 2 aliphatic rings. The zero-order valence-electron chi connectivity index (χ0n) is 16.0. The summed E-state index contributed by atoms with van der Waals surface area (Å²) < 4.78 is 5.39. The summed E-state index contributed by atoms with van der Waals surface area (Å²) in [7, 11) is 0. The number of morpholine rings is 1. The molecule has 1 aromatic carbocycles. The molecule has 0 atom stereocenters. The van der Waals surface area contributed by atoms with Gasteiger partial charge >= 0.3 is 11.9 Å². The number of carboxylic acids is 2. The topological polar surface area (TPSA) is 100.0 Å². The molecule has 1 aromatic heterocycles. The molecule has 1 aliphatic carbocycles. The van der Waals surface area contributed by atoms with Gasteiger partial charge in [-0.05, 0) is 18.5 Å². The number of aliphatic carboxylic acids is 2. The van der Waals surface area contributed by atoms with E-state index in [2.05, 4.69) is 29.2 Å². The van der Waals surface area contributed by atoms with E-state index in [1.807, 2.05) is 11.3 Å². The summed E-state index contributed by atoms with van der Waals surface area (Å²) in [6.07, 6.45) is 4.50. The number of rotatable bonds is 6. The molecule has 8 heteroatoms. The number of ether oxygens (including phenoxy) is 1. The molecule has 1 aliphatic heterocycles. The van der Waals surface area contributed by atoms with Crippen molar-refractivity contribution in [3.05, 3.63) is 51.9 Å². The zero-order chi connectivity index (χ0) is 20.6. The molecule has 154 valence electrons. The Kier molecular flexibility index (Phi) is 7.51. The minimum Gasteiger partial charge on any atom is -0.478 e. The second-order valence-corrected chi connectivity index (χ2v) is 7.95. The van der Waals surface area contributed by atoms with Crippen LogP contribution in [0.15, 0.2) is 36.4 Å². The molecule has 2 heterocycles. The number of carbonyl (C=O) groups is 2. The molecule has 0 saturated carbocycles. The first-order valence-electron chi connectivity index (χ1n) is 9.54. The highest BCUT2D eigenvalue weighted by atomic mass is 32.1. The summed E-state index contributed by atoms with van der Waals surface area (Å²) in [6.45, 7) is 5.12. The third-order valence-electron chi connectivity index (χ3n) is 4.70. The second-order valence-electron chi connectivity index (χ2n) is 6.78. The maximum atomic E-state index is 9.55. The quantitative estimate of drug-likeness (QED) is 0.596. The molecule has 2 aromatic rings. The lowest BCUT2D eigenvalue weighted by atomic mass is 10.1. The first-order chi connectivity index (χ1) is 14.0. The van der Waals surface area contributed by atoms with E-state index in [1.165, 1.54) is 39.7 Å². The number of hydrogen-bond acceptors (Lipinski definition) is 6. The fourth-order valence-corrected chi connectivity index (χ4v) is 4.48. The number of aromatic nitrogens is 1. The minimum absolute atomic E-state index is 0.558. The lowest BCUT2D eigenvalue weighted by molar-refractivity contribution is -0.134. The highest BCUT2D eigenvalue weighted by Crippen LogP contribution is 2.39. The molecule has 1 saturated heterocycles. The molecule has 4 rings (SSSR count). The van der Waals surface area contributed by atoms with Gasteiger partial charge in [0.25, 0.3) is 0 Å². The average molecular weight is 416 g/mol. The van der Waals surface area contributed by atoms with Gasteiger partial charge in [-0.15, -0.1) is 11.3 Å². The molecule has 0 amide bonds. The summed E-state index contributed by atoms with van der Waals surface area (Å²) in [4.78, 5) is 28.0. The zero-order valence-corrected chi connectivity index (χ0v) is 16.9. The molecule has 0 spiro atoms. The summed E-state index contributed by atoms with van der Waals surface area (Å²) >= 11 is 1.91. The van der Waals surface area contributed by atoms with Crippen molar-refractivity contribution in [3.8, 4) is 11.3 Å². The molecular weight excluding hydrogens is 392 g/mol. The Morgan fingerprint density at radius 1 is 1.14 bits per heavy atom. The lowest BCUT2D eigenvalue weighted by Gasteiger charge is -2.26. The van der Waals surface area contributed by atoms with Gasteiger partial charge in [-0.1, -0.05) is 24.3 Å². The van der Waals surface area contributed by atoms with Crippen molar-refractivity contribution in [2.45, 2.75) is 19.3 Å². The molecule has 7 nitrogen and oxygen atoms in total. The van der Waals surface area contributed by atoms with Crippen LogP contribution in [-0.4, -0.2) is 64.9 Å². The van der Waals surface area contributed by atoms with E-state index in [1.54, 1.807) is 0 Å². The van der Waals surface area contributed by atoms with Crippen LogP contribution >= 0.6 is 11.3 Å². The van der Waals surface area contributed by atoms with Crippen molar-refractivity contribution in [1.82, 2.24) is 9.88 Å². The highest BCUT2D eigenvalue weighted by Gasteiger charge is 2.22. The Labute approximate surface area is 173 Å². The SMILES string of the molecule is O=C(O)/C=C/C(=O)O.c1ccc2c(c1)Cc1sc(CCCN3CCOCC3)nc1-2. The van der Waals surface area contributed by atoms with Crippen LogP contribution in [0.3, 0.4) is 0 Å². The smallest absolute Gasteiger partial charge is 0.328 e. The van der Waals surface area contributed by atoms with Crippen LogP contribution in [0, 0.1) is 0 Å². The van der Waals surface area contributed by atoms with Gasteiger partial charge in [0.05, 0.1) is 23.9 Å². The molecule has 1 fully saturated rings. The fourth-order valence-electron chi connectivity index (χ4n) is 3.34. The Balaban J connectivity index is 0.000000258. The third-order valence-corrected chi connectivity index (χ3v) is 5.82. The van der Waals surface area contributed by atoms with Crippen molar-refractivity contribution in [2.75, 3.05) is 32.8 Å². The molecule has 2 N–H and O–H groups in total. The van der Waals surface area contributed by atoms with Gasteiger partial charge in [0.1, 0.15) is 0 Å². The van der Waals surface area contributed by atoms with E-state index in [-0.39, 0.29) is 0 Å². The largest absolute Gasteiger partial charge is 0.478 e.